The minimum Gasteiger partial charge on any atom is -0.487 e. The summed E-state index contributed by atoms with van der Waals surface area (Å²) >= 11 is 0. The topological polar surface area (TPSA) is 280 Å². The minimum absolute atomic E-state index is 0.0236. The predicted octanol–water partition coefficient (Wildman–Crippen LogP) is 2.31. The number of carboxylic acid groups (broad SMARTS) is 1. The highest BCUT2D eigenvalue weighted by atomic mass is 32.2. The van der Waals surface area contributed by atoms with Crippen LogP contribution in [0, 0.1) is 41.5 Å². The minimum atomic E-state index is -4.11. The van der Waals surface area contributed by atoms with E-state index in [-0.39, 0.29) is 60.5 Å². The summed E-state index contributed by atoms with van der Waals surface area (Å²) in [4.78, 5) is 33.1. The summed E-state index contributed by atoms with van der Waals surface area (Å²) in [7, 11) is -8.20. The van der Waals surface area contributed by atoms with Crippen molar-refractivity contribution in [3.63, 3.8) is 0 Å². The molecule has 19 heteroatoms. The first-order chi connectivity index (χ1) is 26.2. The normalized spacial score (nSPS) is 17.2. The number of carboxylic acids is 1. The van der Waals surface area contributed by atoms with Crippen LogP contribution in [0.25, 0.3) is 0 Å². The van der Waals surface area contributed by atoms with Gasteiger partial charge in [-0.05, 0) is 128 Å². The number of nitrogens with zero attached hydrogens (tertiary/aromatic N) is 2. The van der Waals surface area contributed by atoms with E-state index in [2.05, 4.69) is 24.7 Å². The summed E-state index contributed by atoms with van der Waals surface area (Å²) in [6.07, 6.45) is 1.58. The first-order valence-corrected chi connectivity index (χ1v) is 21.7. The van der Waals surface area contributed by atoms with Crippen molar-refractivity contribution in [1.82, 2.24) is 14.8 Å². The molecule has 4 rings (SSSR count). The van der Waals surface area contributed by atoms with Gasteiger partial charge in [-0.25, -0.2) is 31.1 Å². The summed E-state index contributed by atoms with van der Waals surface area (Å²) in [5.41, 5.74) is 22.4. The van der Waals surface area contributed by atoms with E-state index in [1.807, 2.05) is 41.5 Å². The first-order valence-electron chi connectivity index (χ1n) is 18.8. The van der Waals surface area contributed by atoms with E-state index < -0.39 is 55.2 Å². The van der Waals surface area contributed by atoms with Crippen molar-refractivity contribution >= 4 is 43.8 Å². The van der Waals surface area contributed by atoms with Gasteiger partial charge in [-0.15, -0.1) is 0 Å². The molecule has 0 saturated carbocycles. The largest absolute Gasteiger partial charge is 0.487 e. The molecule has 57 heavy (non-hydrogen) atoms. The van der Waals surface area contributed by atoms with Crippen molar-refractivity contribution in [2.24, 2.45) is 27.2 Å². The Morgan fingerprint density at radius 1 is 0.702 bits per heavy atom. The number of nitrogens with two attached hydrogens (primary N) is 3. The van der Waals surface area contributed by atoms with Gasteiger partial charge in [0.1, 0.15) is 28.7 Å². The number of sulfonamides is 2. The summed E-state index contributed by atoms with van der Waals surface area (Å²) in [6, 6.07) is -2.38. The van der Waals surface area contributed by atoms with Crippen LogP contribution < -0.4 is 41.4 Å². The van der Waals surface area contributed by atoms with Crippen LogP contribution >= 0.6 is 0 Å². The van der Waals surface area contributed by atoms with E-state index in [0.717, 1.165) is 22.3 Å². The Bertz CT molecular complexity index is 2230. The summed E-state index contributed by atoms with van der Waals surface area (Å²) in [6.45, 7) is 18.3. The molecule has 0 aliphatic carbocycles. The van der Waals surface area contributed by atoms with Crippen molar-refractivity contribution in [3.8, 4) is 11.5 Å². The number of hydrogen-bond donors (Lipinski definition) is 7. The number of rotatable bonds is 15. The fourth-order valence-electron chi connectivity index (χ4n) is 7.41. The number of aliphatic imine (C=N–C) groups is 2. The van der Waals surface area contributed by atoms with E-state index in [9.17, 15) is 31.5 Å². The number of aliphatic carboxylic acids is 1. The fraction of sp³-hybridized carbons (Fsp3) is 0.579. The molecule has 17 nitrogen and oxygen atoms in total. The van der Waals surface area contributed by atoms with E-state index in [4.69, 9.17) is 26.7 Å². The molecule has 1 amide bonds. The third kappa shape index (κ3) is 10.1. The zero-order valence-corrected chi connectivity index (χ0v) is 36.1. The fourth-order valence-corrected chi connectivity index (χ4v) is 10.5. The number of fused-ring (bicyclic) bond motifs is 2. The quantitative estimate of drug-likeness (QED) is 0.0774. The third-order valence-electron chi connectivity index (χ3n) is 10.4. The van der Waals surface area contributed by atoms with Crippen molar-refractivity contribution in [2.75, 3.05) is 13.1 Å². The maximum absolute atomic E-state index is 13.4. The van der Waals surface area contributed by atoms with Gasteiger partial charge in [0.2, 0.25) is 17.8 Å². The molecule has 2 heterocycles. The maximum atomic E-state index is 13.4. The van der Waals surface area contributed by atoms with Crippen LogP contribution in [0.4, 0.5) is 0 Å². The van der Waals surface area contributed by atoms with Crippen LogP contribution in [0.15, 0.2) is 19.8 Å². The average Bonchev–Trinajstić information content (AvgIpc) is 3.60. The Morgan fingerprint density at radius 2 is 1.09 bits per heavy atom. The number of carbonyl (C=O) groups excluding carboxylic acids is 1. The molecule has 2 aliphatic heterocycles. The molecule has 0 aromatic heterocycles. The molecular formula is C38H58N8O9S2. The van der Waals surface area contributed by atoms with Crippen LogP contribution in [0.3, 0.4) is 0 Å². The van der Waals surface area contributed by atoms with Crippen molar-refractivity contribution < 1.29 is 41.0 Å². The zero-order valence-electron chi connectivity index (χ0n) is 34.5. The second-order valence-corrected chi connectivity index (χ2v) is 19.4. The zero-order chi connectivity index (χ0) is 43.0. The molecule has 2 atom stereocenters. The van der Waals surface area contributed by atoms with Crippen molar-refractivity contribution in [3.05, 3.63) is 44.5 Å². The number of guanidine groups is 2. The molecule has 2 aromatic rings. The Balaban J connectivity index is 1.26. The molecule has 0 saturated heterocycles. The van der Waals surface area contributed by atoms with Crippen LogP contribution in [0.1, 0.15) is 97.9 Å². The number of carbonyl (C=O) groups is 2. The van der Waals surface area contributed by atoms with Crippen LogP contribution in [-0.4, -0.2) is 82.1 Å². The van der Waals surface area contributed by atoms with E-state index in [1.165, 1.54) is 0 Å². The van der Waals surface area contributed by atoms with Gasteiger partial charge in [0.15, 0.2) is 0 Å². The molecule has 2 aliphatic rings. The lowest BCUT2D eigenvalue weighted by Crippen LogP contribution is -2.48. The standard InChI is InChI=1S/C38H58N8O9S2/c1-19-21(3)31(23(5)25-17-37(7,8)54-29(19)25)56(50,51)45-35(40)42-15-11-13-27(39)33(47)44-28(34(48)49)14-12-16-43-36(41)46-57(52,53)32-22(4)20(2)30-26(24(32)6)18-38(9,10)55-30/h27-28H,11-18,39H2,1-10H3,(H,44,47)(H,48,49)(H3,40,42,45)(H3,41,43,46)/t27-,28-/m1/s1. The maximum Gasteiger partial charge on any atom is 0.326 e. The number of hydrogen-bond acceptors (Lipinski definition) is 11. The third-order valence-corrected chi connectivity index (χ3v) is 13.7. The Hall–Kier alpha value is -4.62. The highest BCUT2D eigenvalue weighted by Crippen LogP contribution is 2.45. The monoisotopic (exact) mass is 834 g/mol. The lowest BCUT2D eigenvalue weighted by Gasteiger charge is -2.19. The smallest absolute Gasteiger partial charge is 0.326 e. The van der Waals surface area contributed by atoms with Gasteiger partial charge >= 0.3 is 5.97 Å². The molecule has 316 valence electrons. The van der Waals surface area contributed by atoms with Gasteiger partial charge in [-0.3, -0.25) is 14.8 Å². The van der Waals surface area contributed by atoms with E-state index >= 15 is 0 Å². The molecule has 0 unspecified atom stereocenters. The summed E-state index contributed by atoms with van der Waals surface area (Å²) < 4.78 is 70.5. The number of ether oxygens (including phenoxy) is 2. The molecule has 0 fully saturated rings. The van der Waals surface area contributed by atoms with Crippen molar-refractivity contribution in [2.45, 2.75) is 141 Å². The second kappa shape index (κ2) is 16.7. The van der Waals surface area contributed by atoms with Crippen LogP contribution in [0.5, 0.6) is 11.5 Å². The van der Waals surface area contributed by atoms with Gasteiger partial charge in [-0.2, -0.15) is 0 Å². The van der Waals surface area contributed by atoms with Gasteiger partial charge in [-0.1, -0.05) is 0 Å². The summed E-state index contributed by atoms with van der Waals surface area (Å²) in [5, 5.41) is 12.1. The first kappa shape index (κ1) is 45.1. The summed E-state index contributed by atoms with van der Waals surface area (Å²) in [5.74, 6) is -1.28. The van der Waals surface area contributed by atoms with Gasteiger partial charge in [0.05, 0.1) is 15.8 Å². The molecular weight excluding hydrogens is 777 g/mol. The lowest BCUT2D eigenvalue weighted by atomic mass is 9.94. The second-order valence-electron chi connectivity index (χ2n) is 16.1. The van der Waals surface area contributed by atoms with Gasteiger partial charge in [0.25, 0.3) is 20.0 Å². The average molecular weight is 835 g/mol. The lowest BCUT2D eigenvalue weighted by molar-refractivity contribution is -0.142. The molecule has 0 radical (unpaired) electrons. The number of nitrogens with one attached hydrogen (secondary N) is 3. The highest BCUT2D eigenvalue weighted by molar-refractivity contribution is 7.90. The van der Waals surface area contributed by atoms with Gasteiger partial charge in [0, 0.05) is 37.1 Å². The van der Waals surface area contributed by atoms with E-state index in [0.29, 0.717) is 46.6 Å². The SMILES string of the molecule is Cc1c(C)c(S(=O)(=O)NC(N)=NCCC[C@@H](N)C(=O)N[C@H](CCCN=C(N)NS(=O)(=O)c2c(C)c(C)c3c(c2C)CC(C)(C)O3)C(=O)O)c(C)c2c1OC(C)(C)C2. The Kier molecular flexibility index (Phi) is 13.2. The number of amides is 1. The molecule has 0 bridgehead atoms. The predicted molar refractivity (Wildman–Crippen MR) is 218 cm³/mol. The van der Waals surface area contributed by atoms with Crippen LogP contribution in [0.2, 0.25) is 0 Å². The molecule has 2 aromatic carbocycles. The highest BCUT2D eigenvalue weighted by Gasteiger charge is 2.38. The van der Waals surface area contributed by atoms with Crippen LogP contribution in [-0.2, 0) is 42.5 Å². The number of benzene rings is 2. The van der Waals surface area contributed by atoms with Gasteiger partial charge < -0.3 is 37.1 Å². The molecule has 10 N–H and O–H groups in total. The molecule has 0 spiro atoms. The van der Waals surface area contributed by atoms with E-state index in [1.54, 1.807) is 27.7 Å². The Morgan fingerprint density at radius 3 is 1.47 bits per heavy atom. The van der Waals surface area contributed by atoms with Crippen molar-refractivity contribution in [1.29, 1.82) is 0 Å². The Labute approximate surface area is 335 Å².